The highest BCUT2D eigenvalue weighted by molar-refractivity contribution is 6.30. The van der Waals surface area contributed by atoms with Crippen molar-refractivity contribution in [2.75, 3.05) is 0 Å². The van der Waals surface area contributed by atoms with Gasteiger partial charge in [0.15, 0.2) is 5.84 Å². The maximum atomic E-state index is 8.80. The summed E-state index contributed by atoms with van der Waals surface area (Å²) >= 11 is 5.96. The molecule has 2 aromatic carbocycles. The summed E-state index contributed by atoms with van der Waals surface area (Å²) in [4.78, 5) is 0. The van der Waals surface area contributed by atoms with Crippen molar-refractivity contribution in [2.24, 2.45) is 10.9 Å². The van der Waals surface area contributed by atoms with Crippen LogP contribution in [0.5, 0.6) is 5.75 Å². The Labute approximate surface area is 128 Å². The monoisotopic (exact) mass is 304 g/mol. The molecule has 0 atom stereocenters. The average molecular weight is 305 g/mol. The fourth-order valence-electron chi connectivity index (χ4n) is 1.91. The third-order valence-electron chi connectivity index (χ3n) is 3.15. The van der Waals surface area contributed by atoms with Crippen molar-refractivity contribution in [3.8, 4) is 5.75 Å². The quantitative estimate of drug-likeness (QED) is 0.384. The van der Waals surface area contributed by atoms with Crippen LogP contribution in [0.4, 0.5) is 0 Å². The van der Waals surface area contributed by atoms with Gasteiger partial charge in [-0.15, -0.1) is 0 Å². The van der Waals surface area contributed by atoms with Gasteiger partial charge in [-0.2, -0.15) is 0 Å². The van der Waals surface area contributed by atoms with E-state index >= 15 is 0 Å². The molecule has 0 aromatic heterocycles. The zero-order valence-corrected chi connectivity index (χ0v) is 12.5. The molecule has 21 heavy (non-hydrogen) atoms. The molecule has 0 unspecified atom stereocenters. The first kappa shape index (κ1) is 15.2. The molecule has 0 heterocycles. The molecule has 0 bridgehead atoms. The maximum Gasteiger partial charge on any atom is 0.173 e. The summed E-state index contributed by atoms with van der Waals surface area (Å²) < 4.78 is 5.74. The molecular weight excluding hydrogens is 288 g/mol. The third kappa shape index (κ3) is 3.89. The van der Waals surface area contributed by atoms with Crippen LogP contribution >= 0.6 is 11.6 Å². The Hall–Kier alpha value is -2.20. The van der Waals surface area contributed by atoms with E-state index in [1.54, 1.807) is 18.2 Å². The van der Waals surface area contributed by atoms with Crippen LogP contribution < -0.4 is 10.5 Å². The molecule has 5 heteroatoms. The van der Waals surface area contributed by atoms with Crippen LogP contribution in [0.3, 0.4) is 0 Å². The second-order valence-corrected chi connectivity index (χ2v) is 5.02. The van der Waals surface area contributed by atoms with E-state index in [-0.39, 0.29) is 5.84 Å². The lowest BCUT2D eigenvalue weighted by atomic mass is 10.1. The largest absolute Gasteiger partial charge is 0.488 e. The lowest BCUT2D eigenvalue weighted by molar-refractivity contribution is 0.303. The SMILES string of the molecule is CCc1ccc(COc2cc(Cl)ccc2/C(N)=N/O)cc1. The lowest BCUT2D eigenvalue weighted by Crippen LogP contribution is -2.14. The molecule has 2 aromatic rings. The first-order chi connectivity index (χ1) is 10.1. The van der Waals surface area contributed by atoms with E-state index in [0.717, 1.165) is 12.0 Å². The van der Waals surface area contributed by atoms with Crippen molar-refractivity contribution >= 4 is 17.4 Å². The van der Waals surface area contributed by atoms with Crippen LogP contribution in [0, 0.1) is 0 Å². The highest BCUT2D eigenvalue weighted by Gasteiger charge is 2.09. The van der Waals surface area contributed by atoms with Gasteiger partial charge in [-0.3, -0.25) is 0 Å². The fraction of sp³-hybridized carbons (Fsp3) is 0.188. The molecule has 0 saturated carbocycles. The summed E-state index contributed by atoms with van der Waals surface area (Å²) in [6.07, 6.45) is 1.00. The van der Waals surface area contributed by atoms with Crippen LogP contribution in [-0.4, -0.2) is 11.0 Å². The van der Waals surface area contributed by atoms with Crippen molar-refractivity contribution in [1.29, 1.82) is 0 Å². The Morgan fingerprint density at radius 3 is 2.48 bits per heavy atom. The Morgan fingerprint density at radius 2 is 1.86 bits per heavy atom. The van der Waals surface area contributed by atoms with Gasteiger partial charge in [0, 0.05) is 5.02 Å². The number of benzene rings is 2. The predicted molar refractivity (Wildman–Crippen MR) is 84.1 cm³/mol. The van der Waals surface area contributed by atoms with Crippen LogP contribution in [0.2, 0.25) is 5.02 Å². The van der Waals surface area contributed by atoms with Gasteiger partial charge in [-0.25, -0.2) is 0 Å². The number of rotatable bonds is 5. The van der Waals surface area contributed by atoms with Crippen molar-refractivity contribution in [3.63, 3.8) is 0 Å². The van der Waals surface area contributed by atoms with Gasteiger partial charge in [0.25, 0.3) is 0 Å². The number of hydrogen-bond donors (Lipinski definition) is 2. The molecule has 110 valence electrons. The standard InChI is InChI=1S/C16H17ClN2O2/c1-2-11-3-5-12(6-4-11)10-21-15-9-13(17)7-8-14(15)16(18)19-20/h3-9,20H,2,10H2,1H3,(H2,18,19). The van der Waals surface area contributed by atoms with E-state index in [1.165, 1.54) is 5.56 Å². The summed E-state index contributed by atoms with van der Waals surface area (Å²) in [7, 11) is 0. The highest BCUT2D eigenvalue weighted by Crippen LogP contribution is 2.24. The molecule has 0 amide bonds. The van der Waals surface area contributed by atoms with Crippen LogP contribution in [0.1, 0.15) is 23.6 Å². The van der Waals surface area contributed by atoms with E-state index in [1.807, 2.05) is 12.1 Å². The molecule has 0 fully saturated rings. The number of oxime groups is 1. The lowest BCUT2D eigenvalue weighted by Gasteiger charge is -2.11. The summed E-state index contributed by atoms with van der Waals surface area (Å²) in [5.74, 6) is 0.473. The van der Waals surface area contributed by atoms with Crippen LogP contribution in [0.15, 0.2) is 47.6 Å². The number of ether oxygens (including phenoxy) is 1. The minimum absolute atomic E-state index is 0.0111. The molecule has 0 spiro atoms. The van der Waals surface area contributed by atoms with Gasteiger partial charge >= 0.3 is 0 Å². The maximum absolute atomic E-state index is 8.80. The summed E-state index contributed by atoms with van der Waals surface area (Å²) in [6, 6.07) is 13.2. The normalized spacial score (nSPS) is 11.4. The van der Waals surface area contributed by atoms with E-state index < -0.39 is 0 Å². The van der Waals surface area contributed by atoms with Crippen molar-refractivity contribution in [1.82, 2.24) is 0 Å². The summed E-state index contributed by atoms with van der Waals surface area (Å²) in [5, 5.41) is 12.3. The second kappa shape index (κ2) is 6.99. The van der Waals surface area contributed by atoms with Crippen molar-refractivity contribution < 1.29 is 9.94 Å². The zero-order chi connectivity index (χ0) is 15.2. The Bertz CT molecular complexity index is 639. The minimum atomic E-state index is -0.0111. The molecule has 4 nitrogen and oxygen atoms in total. The van der Waals surface area contributed by atoms with Gasteiger partial charge < -0.3 is 15.7 Å². The zero-order valence-electron chi connectivity index (χ0n) is 11.7. The molecule has 0 saturated heterocycles. The summed E-state index contributed by atoms with van der Waals surface area (Å²) in [6.45, 7) is 2.50. The highest BCUT2D eigenvalue weighted by atomic mass is 35.5. The average Bonchev–Trinajstić information content (AvgIpc) is 2.52. The number of aryl methyl sites for hydroxylation is 1. The Balaban J connectivity index is 2.16. The van der Waals surface area contributed by atoms with Crippen LogP contribution in [-0.2, 0) is 13.0 Å². The fourth-order valence-corrected chi connectivity index (χ4v) is 2.08. The number of hydrogen-bond acceptors (Lipinski definition) is 3. The minimum Gasteiger partial charge on any atom is -0.488 e. The van der Waals surface area contributed by atoms with E-state index in [0.29, 0.717) is 22.9 Å². The first-order valence-corrected chi connectivity index (χ1v) is 7.00. The third-order valence-corrected chi connectivity index (χ3v) is 3.39. The van der Waals surface area contributed by atoms with Crippen molar-refractivity contribution in [2.45, 2.75) is 20.0 Å². The van der Waals surface area contributed by atoms with Gasteiger partial charge in [-0.1, -0.05) is 47.9 Å². The number of halogens is 1. The molecule has 0 aliphatic rings. The van der Waals surface area contributed by atoms with Gasteiger partial charge in [0.1, 0.15) is 12.4 Å². The Kier molecular flexibility index (Phi) is 5.06. The van der Waals surface area contributed by atoms with E-state index in [2.05, 4.69) is 24.2 Å². The Morgan fingerprint density at radius 1 is 1.19 bits per heavy atom. The van der Waals surface area contributed by atoms with Gasteiger partial charge in [0.2, 0.25) is 0 Å². The van der Waals surface area contributed by atoms with E-state index in [9.17, 15) is 0 Å². The molecule has 0 aliphatic carbocycles. The second-order valence-electron chi connectivity index (χ2n) is 4.58. The number of amidine groups is 1. The molecular formula is C16H17ClN2O2. The van der Waals surface area contributed by atoms with E-state index in [4.69, 9.17) is 27.3 Å². The van der Waals surface area contributed by atoms with Crippen molar-refractivity contribution in [3.05, 3.63) is 64.2 Å². The smallest absolute Gasteiger partial charge is 0.173 e. The number of nitrogens with two attached hydrogens (primary N) is 1. The van der Waals surface area contributed by atoms with Gasteiger partial charge in [-0.05, 0) is 35.7 Å². The molecule has 3 N–H and O–H groups in total. The first-order valence-electron chi connectivity index (χ1n) is 6.62. The summed E-state index contributed by atoms with van der Waals surface area (Å²) in [5.41, 5.74) is 8.45. The van der Waals surface area contributed by atoms with Gasteiger partial charge in [0.05, 0.1) is 5.56 Å². The molecule has 0 aliphatic heterocycles. The predicted octanol–water partition coefficient (Wildman–Crippen LogP) is 3.58. The topological polar surface area (TPSA) is 67.8 Å². The molecule has 2 rings (SSSR count). The van der Waals surface area contributed by atoms with Crippen LogP contribution in [0.25, 0.3) is 0 Å². The molecule has 0 radical (unpaired) electrons. The number of nitrogens with zero attached hydrogens (tertiary/aromatic N) is 1.